The Morgan fingerprint density at radius 1 is 1.11 bits per heavy atom. The van der Waals surface area contributed by atoms with Gasteiger partial charge in [-0.2, -0.15) is 4.98 Å². The Bertz CT molecular complexity index is 510. The zero-order valence-corrected chi connectivity index (χ0v) is 12.0. The number of hydrogen-bond acceptors (Lipinski definition) is 3. The standard InChI is InChI=1S/C15H19ClN2O/c1-2-3-4-5-6-11-14-17-15(18-19-14)12-9-7-8-10-13(12)16/h7-10H,2-6,11H2,1H3. The molecule has 0 unspecified atom stereocenters. The fourth-order valence-electron chi connectivity index (χ4n) is 1.99. The Morgan fingerprint density at radius 3 is 2.68 bits per heavy atom. The second kappa shape index (κ2) is 7.29. The third-order valence-electron chi connectivity index (χ3n) is 3.08. The van der Waals surface area contributed by atoms with Gasteiger partial charge in [0.1, 0.15) is 0 Å². The largest absolute Gasteiger partial charge is 0.339 e. The lowest BCUT2D eigenvalue weighted by molar-refractivity contribution is 0.374. The molecule has 0 aliphatic heterocycles. The molecule has 1 aromatic carbocycles. The van der Waals surface area contributed by atoms with E-state index in [-0.39, 0.29) is 0 Å². The van der Waals surface area contributed by atoms with Crippen molar-refractivity contribution in [3.05, 3.63) is 35.2 Å². The minimum absolute atomic E-state index is 0.578. The Balaban J connectivity index is 1.91. The van der Waals surface area contributed by atoms with Gasteiger partial charge in [0.05, 0.1) is 5.02 Å². The summed E-state index contributed by atoms with van der Waals surface area (Å²) in [6.07, 6.45) is 7.01. The van der Waals surface area contributed by atoms with Crippen LogP contribution in [-0.4, -0.2) is 10.1 Å². The molecule has 0 amide bonds. The van der Waals surface area contributed by atoms with E-state index in [2.05, 4.69) is 17.1 Å². The maximum Gasteiger partial charge on any atom is 0.226 e. The predicted molar refractivity (Wildman–Crippen MR) is 77.2 cm³/mol. The summed E-state index contributed by atoms with van der Waals surface area (Å²) < 4.78 is 5.26. The van der Waals surface area contributed by atoms with E-state index in [4.69, 9.17) is 16.1 Å². The van der Waals surface area contributed by atoms with Crippen molar-refractivity contribution in [2.45, 2.75) is 45.4 Å². The van der Waals surface area contributed by atoms with Crippen LogP contribution >= 0.6 is 11.6 Å². The Morgan fingerprint density at radius 2 is 1.89 bits per heavy atom. The van der Waals surface area contributed by atoms with E-state index in [0.717, 1.165) is 18.4 Å². The van der Waals surface area contributed by atoms with Gasteiger partial charge in [0.25, 0.3) is 0 Å². The first-order valence-corrected chi connectivity index (χ1v) is 7.26. The van der Waals surface area contributed by atoms with E-state index in [9.17, 15) is 0 Å². The summed E-state index contributed by atoms with van der Waals surface area (Å²) in [6.45, 7) is 2.22. The molecule has 1 aromatic heterocycles. The van der Waals surface area contributed by atoms with Gasteiger partial charge < -0.3 is 4.52 Å². The molecule has 0 spiro atoms. The molecule has 0 N–H and O–H groups in total. The Hall–Kier alpha value is -1.35. The zero-order chi connectivity index (χ0) is 13.5. The molecule has 102 valence electrons. The smallest absolute Gasteiger partial charge is 0.226 e. The minimum atomic E-state index is 0.578. The molecule has 2 aromatic rings. The summed E-state index contributed by atoms with van der Waals surface area (Å²) in [5, 5.41) is 4.64. The lowest BCUT2D eigenvalue weighted by Gasteiger charge is -1.97. The third-order valence-corrected chi connectivity index (χ3v) is 3.41. The van der Waals surface area contributed by atoms with Gasteiger partial charge >= 0.3 is 0 Å². The topological polar surface area (TPSA) is 38.9 Å². The van der Waals surface area contributed by atoms with Gasteiger partial charge in [-0.15, -0.1) is 0 Å². The summed E-state index contributed by atoms with van der Waals surface area (Å²) in [5.41, 5.74) is 0.824. The van der Waals surface area contributed by atoms with Crippen molar-refractivity contribution in [3.8, 4) is 11.4 Å². The molecule has 0 radical (unpaired) electrons. The van der Waals surface area contributed by atoms with Gasteiger partial charge in [-0.25, -0.2) is 0 Å². The van der Waals surface area contributed by atoms with Gasteiger partial charge in [-0.3, -0.25) is 0 Å². The summed E-state index contributed by atoms with van der Waals surface area (Å²) in [5.74, 6) is 1.28. The van der Waals surface area contributed by atoms with Crippen LogP contribution in [0.4, 0.5) is 0 Å². The number of nitrogens with zero attached hydrogens (tertiary/aromatic N) is 2. The van der Waals surface area contributed by atoms with E-state index >= 15 is 0 Å². The number of halogens is 1. The van der Waals surface area contributed by atoms with Crippen LogP contribution in [0, 0.1) is 0 Å². The van der Waals surface area contributed by atoms with Crippen LogP contribution in [-0.2, 0) is 6.42 Å². The number of benzene rings is 1. The SMILES string of the molecule is CCCCCCCc1nc(-c2ccccc2Cl)no1. The van der Waals surface area contributed by atoms with Gasteiger partial charge in [-0.05, 0) is 18.6 Å². The molecule has 0 aliphatic carbocycles. The molecule has 0 bridgehead atoms. The summed E-state index contributed by atoms with van der Waals surface area (Å²) >= 11 is 6.11. The minimum Gasteiger partial charge on any atom is -0.339 e. The van der Waals surface area contributed by atoms with Crippen molar-refractivity contribution in [1.82, 2.24) is 10.1 Å². The number of rotatable bonds is 7. The highest BCUT2D eigenvalue weighted by atomic mass is 35.5. The molecule has 0 saturated carbocycles. The van der Waals surface area contributed by atoms with E-state index in [0.29, 0.717) is 16.7 Å². The molecule has 0 fully saturated rings. The van der Waals surface area contributed by atoms with Crippen molar-refractivity contribution < 1.29 is 4.52 Å². The Labute approximate surface area is 119 Å². The van der Waals surface area contributed by atoms with Crippen LogP contribution in [0.25, 0.3) is 11.4 Å². The van der Waals surface area contributed by atoms with E-state index in [1.807, 2.05) is 24.3 Å². The highest BCUT2D eigenvalue weighted by Gasteiger charge is 2.10. The van der Waals surface area contributed by atoms with Gasteiger partial charge in [-0.1, -0.05) is 61.5 Å². The molecule has 4 heteroatoms. The quantitative estimate of drug-likeness (QED) is 0.676. The van der Waals surface area contributed by atoms with Crippen LogP contribution in [0.15, 0.2) is 28.8 Å². The van der Waals surface area contributed by atoms with Crippen molar-refractivity contribution >= 4 is 11.6 Å². The first-order chi connectivity index (χ1) is 9.31. The molecule has 0 aliphatic rings. The van der Waals surface area contributed by atoms with Crippen LogP contribution in [0.5, 0.6) is 0 Å². The highest BCUT2D eigenvalue weighted by Crippen LogP contribution is 2.25. The number of aryl methyl sites for hydroxylation is 1. The maximum atomic E-state index is 6.11. The van der Waals surface area contributed by atoms with E-state index < -0.39 is 0 Å². The van der Waals surface area contributed by atoms with E-state index in [1.165, 1.54) is 25.7 Å². The molecular formula is C15H19ClN2O. The summed E-state index contributed by atoms with van der Waals surface area (Å²) in [7, 11) is 0. The van der Waals surface area contributed by atoms with Gasteiger partial charge in [0.2, 0.25) is 11.7 Å². The van der Waals surface area contributed by atoms with Crippen molar-refractivity contribution in [2.75, 3.05) is 0 Å². The van der Waals surface area contributed by atoms with Crippen LogP contribution < -0.4 is 0 Å². The molecule has 0 atom stereocenters. The molecule has 3 nitrogen and oxygen atoms in total. The number of aromatic nitrogens is 2. The lowest BCUT2D eigenvalue weighted by atomic mass is 10.1. The summed E-state index contributed by atoms with van der Waals surface area (Å²) in [4.78, 5) is 4.40. The highest BCUT2D eigenvalue weighted by molar-refractivity contribution is 6.33. The van der Waals surface area contributed by atoms with E-state index in [1.54, 1.807) is 0 Å². The average molecular weight is 279 g/mol. The van der Waals surface area contributed by atoms with Crippen LogP contribution in [0.1, 0.15) is 44.9 Å². The monoisotopic (exact) mass is 278 g/mol. The second-order valence-electron chi connectivity index (χ2n) is 4.66. The molecule has 1 heterocycles. The predicted octanol–water partition coefficient (Wildman–Crippen LogP) is 4.90. The number of unbranched alkanes of at least 4 members (excludes halogenated alkanes) is 4. The van der Waals surface area contributed by atoms with Crippen LogP contribution in [0.3, 0.4) is 0 Å². The van der Waals surface area contributed by atoms with Crippen LogP contribution in [0.2, 0.25) is 5.02 Å². The average Bonchev–Trinajstić information content (AvgIpc) is 2.88. The first kappa shape index (κ1) is 14.1. The second-order valence-corrected chi connectivity index (χ2v) is 5.06. The molecule has 2 rings (SSSR count). The van der Waals surface area contributed by atoms with Gasteiger partial charge in [0.15, 0.2) is 0 Å². The Kier molecular flexibility index (Phi) is 5.40. The fourth-order valence-corrected chi connectivity index (χ4v) is 2.21. The van der Waals surface area contributed by atoms with Crippen molar-refractivity contribution in [2.24, 2.45) is 0 Å². The van der Waals surface area contributed by atoms with Crippen molar-refractivity contribution in [3.63, 3.8) is 0 Å². The fraction of sp³-hybridized carbons (Fsp3) is 0.467. The lowest BCUT2D eigenvalue weighted by Crippen LogP contribution is -1.87. The van der Waals surface area contributed by atoms with Crippen molar-refractivity contribution in [1.29, 1.82) is 0 Å². The normalized spacial score (nSPS) is 10.8. The number of hydrogen-bond donors (Lipinski definition) is 0. The first-order valence-electron chi connectivity index (χ1n) is 6.88. The summed E-state index contributed by atoms with van der Waals surface area (Å²) in [6, 6.07) is 7.54. The van der Waals surface area contributed by atoms with Gasteiger partial charge in [0, 0.05) is 12.0 Å². The molecule has 0 saturated heterocycles. The third kappa shape index (κ3) is 4.06. The molecule has 19 heavy (non-hydrogen) atoms. The maximum absolute atomic E-state index is 6.11. The zero-order valence-electron chi connectivity index (χ0n) is 11.2. The molecular weight excluding hydrogens is 260 g/mol.